The molecule has 1 atom stereocenters. The summed E-state index contributed by atoms with van der Waals surface area (Å²) in [6, 6.07) is 8.68. The van der Waals surface area contributed by atoms with Crippen molar-refractivity contribution in [3.8, 4) is 0 Å². The summed E-state index contributed by atoms with van der Waals surface area (Å²) in [6.45, 7) is 5.10. The van der Waals surface area contributed by atoms with Crippen LogP contribution in [0.2, 0.25) is 0 Å². The molecule has 0 saturated carbocycles. The molecule has 0 saturated heterocycles. The Morgan fingerprint density at radius 1 is 1.35 bits per heavy atom. The molecule has 0 spiro atoms. The molecule has 1 aromatic heterocycles. The van der Waals surface area contributed by atoms with E-state index >= 15 is 0 Å². The molecule has 0 fully saturated rings. The highest BCUT2D eigenvalue weighted by Crippen LogP contribution is 2.19. The van der Waals surface area contributed by atoms with E-state index in [2.05, 4.69) is 64.3 Å². The summed E-state index contributed by atoms with van der Waals surface area (Å²) in [7, 11) is 0. The molecule has 0 amide bonds. The third-order valence-corrected chi connectivity index (χ3v) is 4.16. The quantitative estimate of drug-likeness (QED) is 0.921. The van der Waals surface area contributed by atoms with E-state index in [0.29, 0.717) is 6.04 Å². The molecule has 1 heterocycles. The van der Waals surface area contributed by atoms with E-state index in [0.717, 1.165) is 16.0 Å². The smallest absolute Gasteiger partial charge is 0.109 e. The van der Waals surface area contributed by atoms with Crippen molar-refractivity contribution >= 4 is 27.3 Å². The average Bonchev–Trinajstić information content (AvgIpc) is 2.75. The van der Waals surface area contributed by atoms with Crippen LogP contribution in [0, 0.1) is 6.92 Å². The van der Waals surface area contributed by atoms with Gasteiger partial charge in [0.05, 0.1) is 6.04 Å². The van der Waals surface area contributed by atoms with Gasteiger partial charge in [-0.15, -0.1) is 11.3 Å². The lowest BCUT2D eigenvalue weighted by atomic mass is 10.2. The van der Waals surface area contributed by atoms with Gasteiger partial charge in [-0.25, -0.2) is 4.98 Å². The van der Waals surface area contributed by atoms with E-state index in [-0.39, 0.29) is 0 Å². The van der Waals surface area contributed by atoms with E-state index in [1.54, 1.807) is 11.3 Å². The largest absolute Gasteiger partial charge is 0.304 e. The summed E-state index contributed by atoms with van der Waals surface area (Å²) in [5.74, 6) is 0. The maximum atomic E-state index is 4.39. The van der Waals surface area contributed by atoms with Crippen LogP contribution in [0.25, 0.3) is 0 Å². The predicted molar refractivity (Wildman–Crippen MR) is 76.2 cm³/mol. The van der Waals surface area contributed by atoms with Gasteiger partial charge in [0.1, 0.15) is 5.01 Å². The van der Waals surface area contributed by atoms with E-state index in [1.165, 1.54) is 10.4 Å². The maximum Gasteiger partial charge on any atom is 0.109 e. The minimum absolute atomic E-state index is 0.303. The third kappa shape index (κ3) is 3.63. The number of nitrogens with zero attached hydrogens (tertiary/aromatic N) is 1. The molecule has 1 N–H and O–H groups in total. The second-order valence-electron chi connectivity index (χ2n) is 4.04. The van der Waals surface area contributed by atoms with Gasteiger partial charge in [-0.2, -0.15) is 0 Å². The standard InChI is InChI=1S/C13H15BrN2S/c1-9-7-16-13(17-9)10(2)15-8-11-3-5-12(14)6-4-11/h3-7,10,15H,8H2,1-2H3. The molecule has 1 aromatic carbocycles. The zero-order valence-electron chi connectivity index (χ0n) is 9.90. The highest BCUT2D eigenvalue weighted by atomic mass is 79.9. The monoisotopic (exact) mass is 310 g/mol. The van der Waals surface area contributed by atoms with Crippen LogP contribution in [0.3, 0.4) is 0 Å². The summed E-state index contributed by atoms with van der Waals surface area (Å²) < 4.78 is 1.12. The van der Waals surface area contributed by atoms with Gasteiger partial charge in [0.2, 0.25) is 0 Å². The predicted octanol–water partition coefficient (Wildman–Crippen LogP) is 4.06. The van der Waals surface area contributed by atoms with Crippen molar-refractivity contribution < 1.29 is 0 Å². The van der Waals surface area contributed by atoms with Crippen molar-refractivity contribution in [2.24, 2.45) is 0 Å². The van der Waals surface area contributed by atoms with Crippen LogP contribution >= 0.6 is 27.3 Å². The minimum Gasteiger partial charge on any atom is -0.304 e. The first-order valence-electron chi connectivity index (χ1n) is 5.55. The number of rotatable bonds is 4. The van der Waals surface area contributed by atoms with Crippen molar-refractivity contribution in [2.75, 3.05) is 0 Å². The second kappa shape index (κ2) is 5.76. The number of nitrogens with one attached hydrogen (secondary N) is 1. The van der Waals surface area contributed by atoms with Crippen LogP contribution in [0.5, 0.6) is 0 Å². The highest BCUT2D eigenvalue weighted by Gasteiger charge is 2.08. The number of hydrogen-bond acceptors (Lipinski definition) is 3. The number of hydrogen-bond donors (Lipinski definition) is 1. The highest BCUT2D eigenvalue weighted by molar-refractivity contribution is 9.10. The van der Waals surface area contributed by atoms with Gasteiger partial charge in [0.15, 0.2) is 0 Å². The van der Waals surface area contributed by atoms with Gasteiger partial charge in [0.25, 0.3) is 0 Å². The zero-order chi connectivity index (χ0) is 12.3. The Labute approximate surface area is 114 Å². The summed E-state index contributed by atoms with van der Waals surface area (Å²) in [5.41, 5.74) is 1.29. The number of halogens is 1. The summed E-state index contributed by atoms with van der Waals surface area (Å²) in [6.07, 6.45) is 1.93. The molecule has 0 aliphatic carbocycles. The van der Waals surface area contributed by atoms with E-state index in [1.807, 2.05) is 6.20 Å². The molecule has 90 valence electrons. The SMILES string of the molecule is Cc1cnc(C(C)NCc2ccc(Br)cc2)s1. The molecular formula is C13H15BrN2S. The molecule has 1 unspecified atom stereocenters. The van der Waals surface area contributed by atoms with E-state index in [4.69, 9.17) is 0 Å². The lowest BCUT2D eigenvalue weighted by molar-refractivity contribution is 0.572. The van der Waals surface area contributed by atoms with E-state index in [9.17, 15) is 0 Å². The zero-order valence-corrected chi connectivity index (χ0v) is 12.3. The average molecular weight is 311 g/mol. The molecule has 2 rings (SSSR count). The molecule has 0 aliphatic heterocycles. The fourth-order valence-corrected chi connectivity index (χ4v) is 2.60. The third-order valence-electron chi connectivity index (χ3n) is 2.54. The lowest BCUT2D eigenvalue weighted by Crippen LogP contribution is -2.17. The Morgan fingerprint density at radius 3 is 2.65 bits per heavy atom. The Hall–Kier alpha value is -0.710. The van der Waals surface area contributed by atoms with Gasteiger partial charge < -0.3 is 5.32 Å². The Balaban J connectivity index is 1.92. The van der Waals surface area contributed by atoms with Crippen LogP contribution in [-0.2, 0) is 6.54 Å². The molecule has 0 radical (unpaired) electrons. The van der Waals surface area contributed by atoms with Crippen LogP contribution < -0.4 is 5.32 Å². The van der Waals surface area contributed by atoms with Crippen molar-refractivity contribution in [3.05, 3.63) is 50.4 Å². The van der Waals surface area contributed by atoms with E-state index < -0.39 is 0 Å². The Kier molecular flexibility index (Phi) is 4.31. The second-order valence-corrected chi connectivity index (χ2v) is 6.22. The van der Waals surface area contributed by atoms with Crippen molar-refractivity contribution in [1.82, 2.24) is 10.3 Å². The minimum atomic E-state index is 0.303. The van der Waals surface area contributed by atoms with Crippen LogP contribution in [-0.4, -0.2) is 4.98 Å². The summed E-state index contributed by atoms with van der Waals surface area (Å²) in [5, 5.41) is 4.63. The molecular weight excluding hydrogens is 296 g/mol. The van der Waals surface area contributed by atoms with Gasteiger partial charge in [-0.3, -0.25) is 0 Å². The first-order chi connectivity index (χ1) is 8.15. The van der Waals surface area contributed by atoms with Gasteiger partial charge in [-0.1, -0.05) is 28.1 Å². The van der Waals surface area contributed by atoms with Crippen LogP contribution in [0.1, 0.15) is 28.4 Å². The fourth-order valence-electron chi connectivity index (χ4n) is 1.53. The van der Waals surface area contributed by atoms with Crippen molar-refractivity contribution in [3.63, 3.8) is 0 Å². The normalized spacial score (nSPS) is 12.6. The lowest BCUT2D eigenvalue weighted by Gasteiger charge is -2.11. The first-order valence-corrected chi connectivity index (χ1v) is 7.16. The number of aromatic nitrogens is 1. The number of benzene rings is 1. The Morgan fingerprint density at radius 2 is 2.06 bits per heavy atom. The molecule has 0 bridgehead atoms. The molecule has 17 heavy (non-hydrogen) atoms. The van der Waals surface area contributed by atoms with Gasteiger partial charge in [-0.05, 0) is 31.5 Å². The molecule has 4 heteroatoms. The maximum absolute atomic E-state index is 4.39. The van der Waals surface area contributed by atoms with Crippen molar-refractivity contribution in [1.29, 1.82) is 0 Å². The van der Waals surface area contributed by atoms with Gasteiger partial charge in [0, 0.05) is 22.1 Å². The fraction of sp³-hybridized carbons (Fsp3) is 0.308. The van der Waals surface area contributed by atoms with Crippen LogP contribution in [0.15, 0.2) is 34.9 Å². The molecule has 0 aliphatic rings. The molecule has 2 nitrogen and oxygen atoms in total. The number of thiazole rings is 1. The van der Waals surface area contributed by atoms with Crippen LogP contribution in [0.4, 0.5) is 0 Å². The first kappa shape index (κ1) is 12.7. The summed E-state index contributed by atoms with van der Waals surface area (Å²) >= 11 is 5.19. The van der Waals surface area contributed by atoms with Crippen molar-refractivity contribution in [2.45, 2.75) is 26.4 Å². The van der Waals surface area contributed by atoms with Gasteiger partial charge >= 0.3 is 0 Å². The summed E-state index contributed by atoms with van der Waals surface area (Å²) in [4.78, 5) is 5.65. The topological polar surface area (TPSA) is 24.9 Å². The molecule has 2 aromatic rings. The Bertz CT molecular complexity index is 478. The number of aryl methyl sites for hydroxylation is 1.